The van der Waals surface area contributed by atoms with Crippen molar-refractivity contribution in [3.8, 4) is 0 Å². The molecule has 0 saturated carbocycles. The Morgan fingerprint density at radius 1 is 1.25 bits per heavy atom. The Kier molecular flexibility index (Phi) is 4.36. The molecule has 1 aromatic carbocycles. The number of rotatable bonds is 4. The van der Waals surface area contributed by atoms with Crippen molar-refractivity contribution < 1.29 is 8.42 Å². The van der Waals surface area contributed by atoms with Crippen molar-refractivity contribution in [2.75, 3.05) is 18.0 Å². The highest BCUT2D eigenvalue weighted by molar-refractivity contribution is 7.89. The molecule has 1 fully saturated rings. The summed E-state index contributed by atoms with van der Waals surface area (Å²) >= 11 is 0. The van der Waals surface area contributed by atoms with Crippen LogP contribution in [-0.2, 0) is 10.0 Å². The Balaban J connectivity index is 2.15. The van der Waals surface area contributed by atoms with Gasteiger partial charge in [-0.25, -0.2) is 13.1 Å². The summed E-state index contributed by atoms with van der Waals surface area (Å²) in [7, 11) is -3.41. The molecule has 0 aromatic heterocycles. The molecule has 0 amide bonds. The van der Waals surface area contributed by atoms with Crippen molar-refractivity contribution in [3.63, 3.8) is 0 Å². The second kappa shape index (κ2) is 5.71. The number of hydrogen-bond donors (Lipinski definition) is 2. The highest BCUT2D eigenvalue weighted by atomic mass is 32.2. The van der Waals surface area contributed by atoms with E-state index in [2.05, 4.69) is 16.5 Å². The number of anilines is 1. The van der Waals surface area contributed by atoms with E-state index in [-0.39, 0.29) is 12.1 Å². The second-order valence-corrected chi connectivity index (χ2v) is 7.53. The lowest BCUT2D eigenvalue weighted by atomic mass is 10.1. The molecule has 0 radical (unpaired) electrons. The zero-order chi connectivity index (χ0) is 14.9. The van der Waals surface area contributed by atoms with Gasteiger partial charge in [-0.1, -0.05) is 6.92 Å². The van der Waals surface area contributed by atoms with Crippen LogP contribution in [0, 0.1) is 5.92 Å². The number of sulfonamides is 1. The summed E-state index contributed by atoms with van der Waals surface area (Å²) < 4.78 is 26.6. The molecule has 2 atom stereocenters. The topological polar surface area (TPSA) is 75.4 Å². The summed E-state index contributed by atoms with van der Waals surface area (Å²) in [6.45, 7) is 7.48. The van der Waals surface area contributed by atoms with Crippen LogP contribution < -0.4 is 15.4 Å². The van der Waals surface area contributed by atoms with Gasteiger partial charge in [0.05, 0.1) is 4.90 Å². The number of nitrogens with two attached hydrogens (primary N) is 1. The molecule has 2 rings (SSSR count). The maximum atomic E-state index is 12.0. The quantitative estimate of drug-likeness (QED) is 0.874. The van der Waals surface area contributed by atoms with Crippen LogP contribution in [0.4, 0.5) is 5.69 Å². The first-order chi connectivity index (χ1) is 9.29. The molecule has 20 heavy (non-hydrogen) atoms. The summed E-state index contributed by atoms with van der Waals surface area (Å²) in [5, 5.41) is 0. The molecule has 1 heterocycles. The minimum Gasteiger partial charge on any atom is -0.370 e. The molecule has 1 saturated heterocycles. The van der Waals surface area contributed by atoms with Crippen LogP contribution in [0.5, 0.6) is 0 Å². The summed E-state index contributed by atoms with van der Waals surface area (Å²) in [5.74, 6) is 0.459. The minimum absolute atomic E-state index is 0.114. The molecule has 6 heteroatoms. The van der Waals surface area contributed by atoms with Gasteiger partial charge >= 0.3 is 0 Å². The fourth-order valence-electron chi connectivity index (χ4n) is 2.42. The molecular weight excluding hydrogens is 274 g/mol. The van der Waals surface area contributed by atoms with E-state index < -0.39 is 10.0 Å². The van der Waals surface area contributed by atoms with E-state index in [1.165, 1.54) is 0 Å². The van der Waals surface area contributed by atoms with Crippen LogP contribution in [0.2, 0.25) is 0 Å². The van der Waals surface area contributed by atoms with Crippen molar-refractivity contribution in [2.45, 2.75) is 37.8 Å². The van der Waals surface area contributed by atoms with Gasteiger partial charge in [0.1, 0.15) is 0 Å². The zero-order valence-corrected chi connectivity index (χ0v) is 13.0. The maximum Gasteiger partial charge on any atom is 0.240 e. The van der Waals surface area contributed by atoms with Gasteiger partial charge in [0, 0.05) is 30.9 Å². The van der Waals surface area contributed by atoms with E-state index in [9.17, 15) is 8.42 Å². The number of nitrogens with one attached hydrogen (secondary N) is 1. The van der Waals surface area contributed by atoms with Gasteiger partial charge in [0.2, 0.25) is 10.0 Å². The predicted molar refractivity (Wildman–Crippen MR) is 81.3 cm³/mol. The van der Waals surface area contributed by atoms with E-state index in [4.69, 9.17) is 5.73 Å². The summed E-state index contributed by atoms with van der Waals surface area (Å²) in [4.78, 5) is 2.49. The molecular formula is C14H23N3O2S. The third-order valence-electron chi connectivity index (χ3n) is 3.57. The molecule has 1 aliphatic heterocycles. The SMILES string of the molecule is CC(C)NS(=O)(=O)c1ccc(N2CC(C)C(N)C2)cc1. The van der Waals surface area contributed by atoms with Crippen LogP contribution in [0.1, 0.15) is 20.8 Å². The Bertz CT molecular complexity index is 544. The van der Waals surface area contributed by atoms with Crippen molar-refractivity contribution in [3.05, 3.63) is 24.3 Å². The molecule has 5 nitrogen and oxygen atoms in total. The van der Waals surface area contributed by atoms with Gasteiger partial charge in [0.15, 0.2) is 0 Å². The maximum absolute atomic E-state index is 12.0. The zero-order valence-electron chi connectivity index (χ0n) is 12.2. The highest BCUT2D eigenvalue weighted by Gasteiger charge is 2.26. The molecule has 2 unspecified atom stereocenters. The molecule has 3 N–H and O–H groups in total. The van der Waals surface area contributed by atoms with Gasteiger partial charge in [0.25, 0.3) is 0 Å². The molecule has 0 spiro atoms. The molecule has 0 aliphatic carbocycles. The fourth-order valence-corrected chi connectivity index (χ4v) is 3.67. The first kappa shape index (κ1) is 15.3. The normalized spacial score (nSPS) is 23.6. The predicted octanol–water partition coefficient (Wildman–Crippen LogP) is 1.16. The minimum atomic E-state index is -3.41. The van der Waals surface area contributed by atoms with Gasteiger partial charge in [-0.05, 0) is 44.0 Å². The van der Waals surface area contributed by atoms with E-state index in [0.717, 1.165) is 18.8 Å². The molecule has 1 aliphatic rings. The third-order valence-corrected chi connectivity index (χ3v) is 5.25. The van der Waals surface area contributed by atoms with Crippen LogP contribution >= 0.6 is 0 Å². The Morgan fingerprint density at radius 2 is 1.85 bits per heavy atom. The van der Waals surface area contributed by atoms with E-state index in [1.54, 1.807) is 26.0 Å². The van der Waals surface area contributed by atoms with Gasteiger partial charge in [-0.2, -0.15) is 0 Å². The molecule has 0 bridgehead atoms. The lowest BCUT2D eigenvalue weighted by Gasteiger charge is -2.18. The molecule has 1 aromatic rings. The van der Waals surface area contributed by atoms with Crippen molar-refractivity contribution in [1.29, 1.82) is 0 Å². The number of nitrogens with zero attached hydrogens (tertiary/aromatic N) is 1. The van der Waals surface area contributed by atoms with E-state index >= 15 is 0 Å². The monoisotopic (exact) mass is 297 g/mol. The smallest absolute Gasteiger partial charge is 0.240 e. The Hall–Kier alpha value is -1.11. The lowest BCUT2D eigenvalue weighted by Crippen LogP contribution is -2.30. The first-order valence-corrected chi connectivity index (χ1v) is 8.41. The summed E-state index contributed by atoms with van der Waals surface area (Å²) in [6, 6.07) is 7.06. The van der Waals surface area contributed by atoms with Crippen LogP contribution in [-0.4, -0.2) is 33.6 Å². The lowest BCUT2D eigenvalue weighted by molar-refractivity contribution is 0.566. The van der Waals surface area contributed by atoms with Crippen LogP contribution in [0.15, 0.2) is 29.2 Å². The van der Waals surface area contributed by atoms with Crippen molar-refractivity contribution >= 4 is 15.7 Å². The van der Waals surface area contributed by atoms with E-state index in [1.807, 2.05) is 12.1 Å². The average Bonchev–Trinajstić information content (AvgIpc) is 2.68. The standard InChI is InChI=1S/C14H23N3O2S/c1-10(2)16-20(18,19)13-6-4-12(5-7-13)17-8-11(3)14(15)9-17/h4-7,10-11,14,16H,8-9,15H2,1-3H3. The van der Waals surface area contributed by atoms with Gasteiger partial charge < -0.3 is 10.6 Å². The third kappa shape index (κ3) is 3.31. The first-order valence-electron chi connectivity index (χ1n) is 6.92. The average molecular weight is 297 g/mol. The number of hydrogen-bond acceptors (Lipinski definition) is 4. The van der Waals surface area contributed by atoms with E-state index in [0.29, 0.717) is 10.8 Å². The van der Waals surface area contributed by atoms with Gasteiger partial charge in [-0.15, -0.1) is 0 Å². The van der Waals surface area contributed by atoms with Crippen molar-refractivity contribution in [1.82, 2.24) is 4.72 Å². The van der Waals surface area contributed by atoms with Crippen LogP contribution in [0.25, 0.3) is 0 Å². The second-order valence-electron chi connectivity index (χ2n) is 5.82. The molecule has 112 valence electrons. The Morgan fingerprint density at radius 3 is 2.30 bits per heavy atom. The summed E-state index contributed by atoms with van der Waals surface area (Å²) in [6.07, 6.45) is 0. The van der Waals surface area contributed by atoms with Crippen LogP contribution in [0.3, 0.4) is 0 Å². The highest BCUT2D eigenvalue weighted by Crippen LogP contribution is 2.24. The number of benzene rings is 1. The largest absolute Gasteiger partial charge is 0.370 e. The fraction of sp³-hybridized carbons (Fsp3) is 0.571. The van der Waals surface area contributed by atoms with Crippen molar-refractivity contribution in [2.24, 2.45) is 11.7 Å². The summed E-state index contributed by atoms with van der Waals surface area (Å²) in [5.41, 5.74) is 7.03. The van der Waals surface area contributed by atoms with Gasteiger partial charge in [-0.3, -0.25) is 0 Å². The Labute approximate surface area is 121 Å².